The van der Waals surface area contributed by atoms with Crippen LogP contribution in [0.15, 0.2) is 54.6 Å². The van der Waals surface area contributed by atoms with E-state index in [2.05, 4.69) is 5.32 Å². The van der Waals surface area contributed by atoms with Gasteiger partial charge in [0.25, 0.3) is 5.91 Å². The fourth-order valence-electron chi connectivity index (χ4n) is 2.28. The minimum absolute atomic E-state index is 0.294. The summed E-state index contributed by atoms with van der Waals surface area (Å²) in [6, 6.07) is 14.7. The molecule has 1 N–H and O–H groups in total. The largest absolute Gasteiger partial charge is 0.496 e. The molecule has 0 saturated heterocycles. The van der Waals surface area contributed by atoms with Crippen LogP contribution in [0.25, 0.3) is 6.08 Å². The van der Waals surface area contributed by atoms with E-state index in [0.717, 1.165) is 16.9 Å². The summed E-state index contributed by atoms with van der Waals surface area (Å²) in [6.07, 6.45) is 2.90. The Kier molecular flexibility index (Phi) is 7.91. The highest BCUT2D eigenvalue weighted by Gasteiger charge is 2.07. The number of rotatable bonds is 9. The smallest absolute Gasteiger partial charge is 0.331 e. The first kappa shape index (κ1) is 20.0. The van der Waals surface area contributed by atoms with Crippen molar-refractivity contribution in [3.05, 3.63) is 65.7 Å². The molecule has 6 heteroatoms. The molecule has 0 bridgehead atoms. The number of benzene rings is 2. The Labute approximate surface area is 158 Å². The number of methoxy groups -OCH3 is 1. The number of amides is 1. The molecule has 0 fully saturated rings. The number of ether oxygens (including phenoxy) is 3. The summed E-state index contributed by atoms with van der Waals surface area (Å²) in [4.78, 5) is 23.6. The maximum Gasteiger partial charge on any atom is 0.331 e. The molecule has 0 aromatic heterocycles. The van der Waals surface area contributed by atoms with Crippen molar-refractivity contribution in [1.29, 1.82) is 0 Å². The molecule has 0 spiro atoms. The van der Waals surface area contributed by atoms with E-state index in [1.807, 2.05) is 55.5 Å². The molecule has 1 amide bonds. The number of nitrogens with one attached hydrogen (secondary N) is 1. The van der Waals surface area contributed by atoms with Gasteiger partial charge in [-0.15, -0.1) is 0 Å². The highest BCUT2D eigenvalue weighted by Crippen LogP contribution is 2.16. The van der Waals surface area contributed by atoms with Crippen LogP contribution >= 0.6 is 0 Å². The second-order valence-electron chi connectivity index (χ2n) is 5.53. The van der Waals surface area contributed by atoms with Crippen molar-refractivity contribution in [2.24, 2.45) is 0 Å². The van der Waals surface area contributed by atoms with E-state index in [9.17, 15) is 9.59 Å². The molecule has 2 aromatic carbocycles. The zero-order valence-electron chi connectivity index (χ0n) is 15.4. The first-order valence-electron chi connectivity index (χ1n) is 8.58. The Morgan fingerprint density at radius 2 is 1.81 bits per heavy atom. The van der Waals surface area contributed by atoms with Gasteiger partial charge < -0.3 is 19.5 Å². The first-order valence-corrected chi connectivity index (χ1v) is 8.58. The van der Waals surface area contributed by atoms with Crippen molar-refractivity contribution in [2.45, 2.75) is 13.5 Å². The summed E-state index contributed by atoms with van der Waals surface area (Å²) in [5.74, 6) is 0.483. The van der Waals surface area contributed by atoms with Crippen LogP contribution < -0.4 is 14.8 Å². The fraction of sp³-hybridized carbons (Fsp3) is 0.238. The van der Waals surface area contributed by atoms with E-state index >= 15 is 0 Å². The number of hydrogen-bond donors (Lipinski definition) is 1. The lowest BCUT2D eigenvalue weighted by molar-refractivity contribution is -0.143. The number of carbonyl (C=O) groups excluding carboxylic acids is 2. The van der Waals surface area contributed by atoms with Gasteiger partial charge in [-0.25, -0.2) is 4.79 Å². The normalized spacial score (nSPS) is 10.4. The molecule has 0 heterocycles. The van der Waals surface area contributed by atoms with Crippen LogP contribution in [0.1, 0.15) is 18.1 Å². The quantitative estimate of drug-likeness (QED) is 0.543. The van der Waals surface area contributed by atoms with E-state index in [1.54, 1.807) is 13.2 Å². The van der Waals surface area contributed by atoms with Crippen molar-refractivity contribution in [1.82, 2.24) is 5.32 Å². The van der Waals surface area contributed by atoms with Gasteiger partial charge >= 0.3 is 5.97 Å². The Morgan fingerprint density at radius 1 is 1.07 bits per heavy atom. The molecule has 0 aliphatic carbocycles. The van der Waals surface area contributed by atoms with E-state index < -0.39 is 5.97 Å². The zero-order valence-corrected chi connectivity index (χ0v) is 15.4. The van der Waals surface area contributed by atoms with E-state index in [0.29, 0.717) is 18.9 Å². The van der Waals surface area contributed by atoms with Gasteiger partial charge in [0.05, 0.1) is 13.7 Å². The molecule has 0 radical (unpaired) electrons. The predicted molar refractivity (Wildman–Crippen MR) is 102 cm³/mol. The van der Waals surface area contributed by atoms with Crippen molar-refractivity contribution in [2.75, 3.05) is 20.3 Å². The van der Waals surface area contributed by atoms with Crippen LogP contribution in [0, 0.1) is 0 Å². The first-order chi connectivity index (χ1) is 13.1. The van der Waals surface area contributed by atoms with Crippen LogP contribution in [0.2, 0.25) is 0 Å². The van der Waals surface area contributed by atoms with Gasteiger partial charge in [-0.05, 0) is 36.8 Å². The van der Waals surface area contributed by atoms with Gasteiger partial charge in [0, 0.05) is 18.2 Å². The SMILES string of the molecule is CCOc1ccc(/C=C/C(=O)OCC(=O)NCc2ccccc2OC)cc1. The van der Waals surface area contributed by atoms with Gasteiger partial charge in [-0.2, -0.15) is 0 Å². The van der Waals surface area contributed by atoms with Crippen molar-refractivity contribution in [3.63, 3.8) is 0 Å². The molecule has 2 aromatic rings. The Hall–Kier alpha value is -3.28. The zero-order chi connectivity index (χ0) is 19.5. The Morgan fingerprint density at radius 3 is 2.52 bits per heavy atom. The standard InChI is InChI=1S/C21H23NO5/c1-3-26-18-11-8-16(9-12-18)10-13-21(24)27-15-20(23)22-14-17-6-4-5-7-19(17)25-2/h4-13H,3,14-15H2,1-2H3,(H,22,23)/b13-10+. The second kappa shape index (κ2) is 10.7. The number of para-hydroxylation sites is 1. The topological polar surface area (TPSA) is 73.9 Å². The summed E-state index contributed by atoms with van der Waals surface area (Å²) < 4.78 is 15.5. The minimum atomic E-state index is -0.587. The van der Waals surface area contributed by atoms with E-state index in [1.165, 1.54) is 6.08 Å². The Bertz CT molecular complexity index is 783. The summed E-state index contributed by atoms with van der Waals surface area (Å²) in [5, 5.41) is 2.69. The van der Waals surface area contributed by atoms with Gasteiger partial charge in [0.1, 0.15) is 11.5 Å². The van der Waals surface area contributed by atoms with E-state index in [4.69, 9.17) is 14.2 Å². The third-order valence-electron chi connectivity index (χ3n) is 3.62. The van der Waals surface area contributed by atoms with Gasteiger partial charge in [0.2, 0.25) is 0 Å². The molecule has 6 nitrogen and oxygen atoms in total. The highest BCUT2D eigenvalue weighted by atomic mass is 16.5. The minimum Gasteiger partial charge on any atom is -0.496 e. The number of esters is 1. The van der Waals surface area contributed by atoms with Crippen molar-refractivity contribution < 1.29 is 23.8 Å². The summed E-state index contributed by atoms with van der Waals surface area (Å²) >= 11 is 0. The third-order valence-corrected chi connectivity index (χ3v) is 3.62. The molecule has 0 saturated carbocycles. The summed E-state index contributed by atoms with van der Waals surface area (Å²) in [6.45, 7) is 2.46. The summed E-state index contributed by atoms with van der Waals surface area (Å²) in [5.41, 5.74) is 1.67. The second-order valence-corrected chi connectivity index (χ2v) is 5.53. The van der Waals surface area contributed by atoms with Gasteiger partial charge in [0.15, 0.2) is 6.61 Å². The maximum atomic E-state index is 11.8. The lowest BCUT2D eigenvalue weighted by Gasteiger charge is -2.09. The third kappa shape index (κ3) is 6.86. The lowest BCUT2D eigenvalue weighted by Crippen LogP contribution is -2.28. The molecular weight excluding hydrogens is 346 g/mol. The Balaban J connectivity index is 1.75. The highest BCUT2D eigenvalue weighted by molar-refractivity contribution is 5.89. The maximum absolute atomic E-state index is 11.8. The average molecular weight is 369 g/mol. The molecule has 27 heavy (non-hydrogen) atoms. The van der Waals surface area contributed by atoms with Gasteiger partial charge in [-0.3, -0.25) is 4.79 Å². The van der Waals surface area contributed by atoms with Crippen LogP contribution in [0.3, 0.4) is 0 Å². The molecule has 142 valence electrons. The number of hydrogen-bond acceptors (Lipinski definition) is 5. The average Bonchev–Trinajstić information content (AvgIpc) is 2.70. The van der Waals surface area contributed by atoms with Crippen molar-refractivity contribution in [3.8, 4) is 11.5 Å². The van der Waals surface area contributed by atoms with Crippen LogP contribution in [0.5, 0.6) is 11.5 Å². The van der Waals surface area contributed by atoms with Gasteiger partial charge in [-0.1, -0.05) is 30.3 Å². The van der Waals surface area contributed by atoms with Crippen LogP contribution in [-0.2, 0) is 20.9 Å². The molecule has 0 aliphatic heterocycles. The van der Waals surface area contributed by atoms with Crippen LogP contribution in [-0.4, -0.2) is 32.2 Å². The molecule has 0 atom stereocenters. The molecule has 2 rings (SSSR count). The fourth-order valence-corrected chi connectivity index (χ4v) is 2.28. The molecule has 0 aliphatic rings. The lowest BCUT2D eigenvalue weighted by atomic mass is 10.2. The number of carbonyl (C=O) groups is 2. The monoisotopic (exact) mass is 369 g/mol. The predicted octanol–water partition coefficient (Wildman–Crippen LogP) is 2.97. The summed E-state index contributed by atoms with van der Waals surface area (Å²) in [7, 11) is 1.57. The molecule has 0 unspecified atom stereocenters. The van der Waals surface area contributed by atoms with E-state index in [-0.39, 0.29) is 12.5 Å². The van der Waals surface area contributed by atoms with Crippen LogP contribution in [0.4, 0.5) is 0 Å². The molecular formula is C21H23NO5. The van der Waals surface area contributed by atoms with Crippen molar-refractivity contribution >= 4 is 18.0 Å².